The number of nitrogens with one attached hydrogen (secondary N) is 2. The van der Waals surface area contributed by atoms with Crippen LogP contribution in [0.2, 0.25) is 0 Å². The number of halogens is 1. The summed E-state index contributed by atoms with van der Waals surface area (Å²) in [4.78, 5) is 23.3. The van der Waals surface area contributed by atoms with Crippen LogP contribution in [0.5, 0.6) is 0 Å². The van der Waals surface area contributed by atoms with Crippen LogP contribution in [0.25, 0.3) is 11.0 Å². The van der Waals surface area contributed by atoms with Crippen LogP contribution in [0.1, 0.15) is 36.8 Å². The van der Waals surface area contributed by atoms with Crippen LogP contribution >= 0.6 is 24.0 Å². The zero-order chi connectivity index (χ0) is 23.3. The minimum absolute atomic E-state index is 0. The number of aliphatic imine (C=N–C) groups is 1. The summed E-state index contributed by atoms with van der Waals surface area (Å²) < 4.78 is 2.17. The third-order valence-electron chi connectivity index (χ3n) is 6.60. The Labute approximate surface area is 219 Å². The number of imidazole rings is 1. The number of carbonyl (C=O) groups excluding carboxylic acids is 1. The fourth-order valence-corrected chi connectivity index (χ4v) is 4.75. The molecule has 2 N–H and O–H groups in total. The van der Waals surface area contributed by atoms with Crippen LogP contribution in [-0.2, 0) is 17.9 Å². The van der Waals surface area contributed by atoms with E-state index in [9.17, 15) is 4.79 Å². The number of aromatic nitrogens is 2. The largest absolute Gasteiger partial charge is 0.355 e. The molecule has 0 spiro atoms. The maximum absolute atomic E-state index is 12.8. The Morgan fingerprint density at radius 2 is 1.74 bits per heavy atom. The van der Waals surface area contributed by atoms with Crippen LogP contribution in [0.3, 0.4) is 0 Å². The van der Waals surface area contributed by atoms with Gasteiger partial charge in [0.1, 0.15) is 0 Å². The average molecular weight is 575 g/mol. The highest BCUT2D eigenvalue weighted by Gasteiger charge is 2.42. The Morgan fingerprint density at radius 3 is 2.41 bits per heavy atom. The fraction of sp³-hybridized carbons (Fsp3) is 0.423. The van der Waals surface area contributed by atoms with Crippen molar-refractivity contribution in [1.29, 1.82) is 0 Å². The molecule has 1 fully saturated rings. The highest BCUT2D eigenvalue weighted by Crippen LogP contribution is 2.38. The van der Waals surface area contributed by atoms with Gasteiger partial charge >= 0.3 is 0 Å². The zero-order valence-electron chi connectivity index (χ0n) is 20.3. The topological polar surface area (TPSA) is 74.5 Å². The predicted molar refractivity (Wildman–Crippen MR) is 148 cm³/mol. The van der Waals surface area contributed by atoms with E-state index in [1.807, 2.05) is 38.6 Å². The molecule has 7 nitrogen and oxygen atoms in total. The Kier molecular flexibility index (Phi) is 8.93. The Bertz CT molecular complexity index is 1120. The number of amides is 1. The summed E-state index contributed by atoms with van der Waals surface area (Å²) in [5.41, 5.74) is 4.25. The summed E-state index contributed by atoms with van der Waals surface area (Å²) in [6, 6.07) is 16.8. The molecule has 34 heavy (non-hydrogen) atoms. The summed E-state index contributed by atoms with van der Waals surface area (Å²) >= 11 is 0. The molecule has 1 saturated carbocycles. The van der Waals surface area contributed by atoms with Crippen LogP contribution in [0.4, 0.5) is 0 Å². The molecule has 1 aliphatic carbocycles. The minimum atomic E-state index is -0.319. The first-order valence-electron chi connectivity index (χ1n) is 11.6. The van der Waals surface area contributed by atoms with Gasteiger partial charge in [0.15, 0.2) is 5.96 Å². The number of rotatable bonds is 7. The molecule has 1 amide bonds. The maximum Gasteiger partial charge on any atom is 0.230 e. The number of nitrogens with zero attached hydrogens (tertiary/aromatic N) is 4. The summed E-state index contributed by atoms with van der Waals surface area (Å²) in [6.45, 7) is 2.07. The number of guanidine groups is 1. The van der Waals surface area contributed by atoms with E-state index in [0.29, 0.717) is 13.1 Å². The first kappa shape index (κ1) is 26.0. The predicted octanol–water partition coefficient (Wildman–Crippen LogP) is 4.02. The molecule has 1 aromatic heterocycles. The van der Waals surface area contributed by atoms with Crippen LogP contribution < -0.4 is 10.6 Å². The van der Waals surface area contributed by atoms with Crippen molar-refractivity contribution in [3.05, 3.63) is 66.0 Å². The van der Waals surface area contributed by atoms with E-state index in [4.69, 9.17) is 0 Å². The lowest BCUT2D eigenvalue weighted by molar-refractivity contribution is -0.138. The molecule has 1 aliphatic rings. The average Bonchev–Trinajstić information content (AvgIpc) is 3.48. The molecular weight excluding hydrogens is 539 g/mol. The second-order valence-corrected chi connectivity index (χ2v) is 9.14. The van der Waals surface area contributed by atoms with E-state index in [1.165, 1.54) is 11.1 Å². The smallest absolute Gasteiger partial charge is 0.230 e. The Balaban J connectivity index is 0.00000324. The lowest BCUT2D eigenvalue weighted by atomic mass is 9.84. The molecule has 0 aliphatic heterocycles. The maximum atomic E-state index is 12.8. The molecular formula is C26H35IN6O. The molecule has 1 heterocycles. The molecule has 3 aromatic rings. The number of fused-ring (bicyclic) bond motifs is 1. The molecule has 8 heteroatoms. The molecule has 0 radical (unpaired) electrons. The number of hydrogen-bond acceptors (Lipinski definition) is 3. The lowest BCUT2D eigenvalue weighted by Crippen LogP contribution is -2.49. The number of para-hydroxylation sites is 2. The number of hydrogen-bond donors (Lipinski definition) is 2. The van der Waals surface area contributed by atoms with Gasteiger partial charge in [-0.1, -0.05) is 49.2 Å². The first-order valence-corrected chi connectivity index (χ1v) is 11.6. The van der Waals surface area contributed by atoms with E-state index in [-0.39, 0.29) is 35.3 Å². The summed E-state index contributed by atoms with van der Waals surface area (Å²) in [7, 11) is 5.45. The molecule has 0 atom stereocenters. The van der Waals surface area contributed by atoms with Crippen molar-refractivity contribution in [2.75, 3.05) is 27.7 Å². The van der Waals surface area contributed by atoms with Crippen LogP contribution in [-0.4, -0.2) is 54.0 Å². The highest BCUT2D eigenvalue weighted by molar-refractivity contribution is 14.0. The van der Waals surface area contributed by atoms with Crippen LogP contribution in [0, 0.1) is 5.41 Å². The zero-order valence-corrected chi connectivity index (χ0v) is 22.6. The molecule has 0 saturated heterocycles. The number of carbonyl (C=O) groups is 1. The molecule has 0 unspecified atom stereocenters. The van der Waals surface area contributed by atoms with Gasteiger partial charge in [0.2, 0.25) is 5.91 Å². The van der Waals surface area contributed by atoms with Gasteiger partial charge in [-0.3, -0.25) is 9.79 Å². The van der Waals surface area contributed by atoms with Gasteiger partial charge in [-0.15, -0.1) is 24.0 Å². The van der Waals surface area contributed by atoms with Crippen molar-refractivity contribution in [3.8, 4) is 0 Å². The summed E-state index contributed by atoms with van der Waals surface area (Å²) in [5.74, 6) is 0.936. The second kappa shape index (κ2) is 11.7. The highest BCUT2D eigenvalue weighted by atomic mass is 127. The third kappa shape index (κ3) is 5.89. The monoisotopic (exact) mass is 574 g/mol. The van der Waals surface area contributed by atoms with E-state index < -0.39 is 0 Å². The van der Waals surface area contributed by atoms with Crippen LogP contribution in [0.15, 0.2) is 59.9 Å². The van der Waals surface area contributed by atoms with E-state index in [1.54, 1.807) is 11.9 Å². The fourth-order valence-electron chi connectivity index (χ4n) is 4.75. The quantitative estimate of drug-likeness (QED) is 0.254. The van der Waals surface area contributed by atoms with E-state index in [2.05, 4.69) is 55.5 Å². The number of benzene rings is 2. The van der Waals surface area contributed by atoms with Gasteiger partial charge < -0.3 is 20.1 Å². The van der Waals surface area contributed by atoms with Crippen molar-refractivity contribution in [2.45, 2.75) is 38.8 Å². The van der Waals surface area contributed by atoms with Gasteiger partial charge in [-0.2, -0.15) is 0 Å². The minimum Gasteiger partial charge on any atom is -0.355 e. The third-order valence-corrected chi connectivity index (χ3v) is 6.60. The van der Waals surface area contributed by atoms with E-state index in [0.717, 1.165) is 49.2 Å². The van der Waals surface area contributed by atoms with Crippen molar-refractivity contribution >= 4 is 46.9 Å². The second-order valence-electron chi connectivity index (χ2n) is 9.14. The van der Waals surface area contributed by atoms with Gasteiger partial charge in [0.25, 0.3) is 0 Å². The Hall–Kier alpha value is -2.62. The molecule has 4 rings (SSSR count). The molecule has 182 valence electrons. The van der Waals surface area contributed by atoms with Crippen molar-refractivity contribution in [3.63, 3.8) is 0 Å². The summed E-state index contributed by atoms with van der Waals surface area (Å²) in [6.07, 6.45) is 5.97. The van der Waals surface area contributed by atoms with Gasteiger partial charge in [0, 0.05) is 40.8 Å². The van der Waals surface area contributed by atoms with Gasteiger partial charge in [0.05, 0.1) is 22.8 Å². The SMILES string of the molecule is CN=C(NCc1ccc(Cn2cnc3ccccc32)cc1)NCC1(C(=O)N(C)C)CCCC1.I. The van der Waals surface area contributed by atoms with Crippen molar-refractivity contribution < 1.29 is 4.79 Å². The van der Waals surface area contributed by atoms with Crippen molar-refractivity contribution in [1.82, 2.24) is 25.1 Å². The first-order chi connectivity index (χ1) is 16.0. The van der Waals surface area contributed by atoms with E-state index >= 15 is 0 Å². The Morgan fingerprint density at radius 1 is 1.06 bits per heavy atom. The van der Waals surface area contributed by atoms with Crippen molar-refractivity contribution in [2.24, 2.45) is 10.4 Å². The summed E-state index contributed by atoms with van der Waals surface area (Å²) in [5, 5.41) is 6.78. The molecule has 0 bridgehead atoms. The van der Waals surface area contributed by atoms with Gasteiger partial charge in [-0.05, 0) is 36.1 Å². The lowest BCUT2D eigenvalue weighted by Gasteiger charge is -2.31. The standard InChI is InChI=1S/C26H34N6O.HI/c1-27-25(29-18-26(14-6-7-15-26)24(33)31(2)3)28-16-20-10-12-21(13-11-20)17-32-19-30-22-8-4-5-9-23(22)32;/h4-5,8-13,19H,6-7,14-18H2,1-3H3,(H2,27,28,29);1H. The molecule has 2 aromatic carbocycles. The normalized spacial score (nSPS) is 15.1. The van der Waals surface area contributed by atoms with Gasteiger partial charge in [-0.25, -0.2) is 4.98 Å².